The topological polar surface area (TPSA) is 29.5 Å². The van der Waals surface area contributed by atoms with E-state index in [1.807, 2.05) is 41.3 Å². The number of halogens is 1. The molecule has 2 aromatic carbocycles. The van der Waals surface area contributed by atoms with Crippen molar-refractivity contribution in [2.45, 2.75) is 32.1 Å². The molecule has 1 saturated heterocycles. The first-order valence-electron chi connectivity index (χ1n) is 8.99. The van der Waals surface area contributed by atoms with Crippen LogP contribution in [0.1, 0.15) is 41.6 Å². The second-order valence-electron chi connectivity index (χ2n) is 6.43. The molecule has 3 nitrogen and oxygen atoms in total. The molecule has 0 spiro atoms. The number of amides is 1. The molecule has 1 fully saturated rings. The highest BCUT2D eigenvalue weighted by atomic mass is 79.9. The Balaban J connectivity index is 1.70. The van der Waals surface area contributed by atoms with Crippen molar-refractivity contribution < 1.29 is 9.53 Å². The van der Waals surface area contributed by atoms with E-state index >= 15 is 0 Å². The zero-order chi connectivity index (χ0) is 17.5. The monoisotopic (exact) mass is 401 g/mol. The summed E-state index contributed by atoms with van der Waals surface area (Å²) >= 11 is 3.48. The number of hydrogen-bond donors (Lipinski definition) is 0. The van der Waals surface area contributed by atoms with Crippen molar-refractivity contribution in [3.63, 3.8) is 0 Å². The van der Waals surface area contributed by atoms with Crippen LogP contribution in [0.5, 0.6) is 5.75 Å². The first-order chi connectivity index (χ1) is 12.2. The zero-order valence-corrected chi connectivity index (χ0v) is 16.0. The van der Waals surface area contributed by atoms with E-state index in [0.717, 1.165) is 36.8 Å². The Kier molecular flexibility index (Phi) is 6.51. The third-order valence-electron chi connectivity index (χ3n) is 4.56. The molecule has 1 amide bonds. The quantitative estimate of drug-likeness (QED) is 0.698. The van der Waals surface area contributed by atoms with Crippen LogP contribution in [-0.4, -0.2) is 30.5 Å². The van der Waals surface area contributed by atoms with Crippen LogP contribution in [0.15, 0.2) is 53.0 Å². The van der Waals surface area contributed by atoms with Gasteiger partial charge in [0.15, 0.2) is 0 Å². The molecule has 0 aliphatic carbocycles. The van der Waals surface area contributed by atoms with Crippen molar-refractivity contribution in [3.05, 3.63) is 64.1 Å². The number of hydrogen-bond acceptors (Lipinski definition) is 2. The van der Waals surface area contributed by atoms with Gasteiger partial charge in [-0.1, -0.05) is 59.1 Å². The Hall–Kier alpha value is -1.81. The standard InChI is InChI=1S/C21H24BrNO2/c22-18-10-11-20(25-15-12-17-8-4-3-5-9-17)19(16-18)21(24)23-13-6-1-2-7-14-23/h3-5,8-11,16H,1-2,6-7,12-15H2. The molecule has 3 rings (SSSR count). The maximum Gasteiger partial charge on any atom is 0.257 e. The number of likely N-dealkylation sites (tertiary alicyclic amines) is 1. The SMILES string of the molecule is O=C(c1cc(Br)ccc1OCCc1ccccc1)N1CCCCCC1. The summed E-state index contributed by atoms with van der Waals surface area (Å²) in [5.74, 6) is 0.756. The molecule has 0 N–H and O–H groups in total. The lowest BCUT2D eigenvalue weighted by Crippen LogP contribution is -2.32. The molecule has 0 radical (unpaired) electrons. The minimum absolute atomic E-state index is 0.0814. The fourth-order valence-corrected chi connectivity index (χ4v) is 3.52. The van der Waals surface area contributed by atoms with E-state index in [0.29, 0.717) is 17.9 Å². The van der Waals surface area contributed by atoms with Crippen LogP contribution in [0.3, 0.4) is 0 Å². The van der Waals surface area contributed by atoms with Crippen LogP contribution in [-0.2, 0) is 6.42 Å². The van der Waals surface area contributed by atoms with E-state index in [9.17, 15) is 4.79 Å². The van der Waals surface area contributed by atoms with E-state index in [2.05, 4.69) is 28.1 Å². The molecule has 1 aliphatic rings. The largest absolute Gasteiger partial charge is 0.492 e. The van der Waals surface area contributed by atoms with Gasteiger partial charge in [0.25, 0.3) is 5.91 Å². The predicted molar refractivity (Wildman–Crippen MR) is 104 cm³/mol. The van der Waals surface area contributed by atoms with Crippen LogP contribution >= 0.6 is 15.9 Å². The van der Waals surface area contributed by atoms with Gasteiger partial charge in [0.1, 0.15) is 5.75 Å². The van der Waals surface area contributed by atoms with Crippen molar-refractivity contribution in [2.24, 2.45) is 0 Å². The molecule has 4 heteroatoms. The molecule has 0 unspecified atom stereocenters. The Morgan fingerprint density at radius 3 is 2.44 bits per heavy atom. The number of carbonyl (C=O) groups excluding carboxylic acids is 1. The van der Waals surface area contributed by atoms with Crippen LogP contribution in [0.4, 0.5) is 0 Å². The maximum absolute atomic E-state index is 13.0. The summed E-state index contributed by atoms with van der Waals surface area (Å²) in [6, 6.07) is 16.0. The first kappa shape index (κ1) is 18.0. The summed E-state index contributed by atoms with van der Waals surface area (Å²) in [5, 5.41) is 0. The smallest absolute Gasteiger partial charge is 0.257 e. The van der Waals surface area contributed by atoms with Gasteiger partial charge in [-0.05, 0) is 36.6 Å². The van der Waals surface area contributed by atoms with Gasteiger partial charge in [-0.3, -0.25) is 4.79 Å². The van der Waals surface area contributed by atoms with Gasteiger partial charge >= 0.3 is 0 Å². The number of nitrogens with zero attached hydrogens (tertiary/aromatic N) is 1. The summed E-state index contributed by atoms with van der Waals surface area (Å²) in [5.41, 5.74) is 1.89. The van der Waals surface area contributed by atoms with Crippen LogP contribution in [0.25, 0.3) is 0 Å². The van der Waals surface area contributed by atoms with Crippen molar-refractivity contribution in [1.82, 2.24) is 4.90 Å². The highest BCUT2D eigenvalue weighted by Crippen LogP contribution is 2.26. The summed E-state index contributed by atoms with van der Waals surface area (Å²) in [4.78, 5) is 15.0. The van der Waals surface area contributed by atoms with E-state index in [4.69, 9.17) is 4.74 Å². The second-order valence-corrected chi connectivity index (χ2v) is 7.35. The molecule has 132 valence electrons. The van der Waals surface area contributed by atoms with E-state index < -0.39 is 0 Å². The van der Waals surface area contributed by atoms with Gasteiger partial charge in [0, 0.05) is 24.0 Å². The molecule has 0 bridgehead atoms. The average Bonchev–Trinajstić information content (AvgIpc) is 2.92. The normalized spacial score (nSPS) is 14.8. The number of ether oxygens (including phenoxy) is 1. The van der Waals surface area contributed by atoms with E-state index in [-0.39, 0.29) is 5.91 Å². The molecular formula is C21H24BrNO2. The van der Waals surface area contributed by atoms with Crippen molar-refractivity contribution >= 4 is 21.8 Å². The Labute approximate surface area is 158 Å². The number of carbonyl (C=O) groups is 1. The van der Waals surface area contributed by atoms with Crippen LogP contribution in [0.2, 0.25) is 0 Å². The van der Waals surface area contributed by atoms with E-state index in [1.165, 1.54) is 18.4 Å². The average molecular weight is 402 g/mol. The Morgan fingerprint density at radius 1 is 1.00 bits per heavy atom. The predicted octanol–water partition coefficient (Wildman–Crippen LogP) is 5.09. The molecule has 0 aromatic heterocycles. The summed E-state index contributed by atoms with van der Waals surface area (Å²) in [6.07, 6.45) is 5.42. The molecular weight excluding hydrogens is 378 g/mol. The lowest BCUT2D eigenvalue weighted by Gasteiger charge is -2.22. The number of rotatable bonds is 5. The second kappa shape index (κ2) is 9.04. The van der Waals surface area contributed by atoms with Crippen LogP contribution in [0, 0.1) is 0 Å². The number of benzene rings is 2. The Morgan fingerprint density at radius 2 is 1.72 bits per heavy atom. The minimum atomic E-state index is 0.0814. The van der Waals surface area contributed by atoms with Gasteiger partial charge < -0.3 is 9.64 Å². The maximum atomic E-state index is 13.0. The lowest BCUT2D eigenvalue weighted by atomic mass is 10.1. The fraction of sp³-hybridized carbons (Fsp3) is 0.381. The molecule has 0 atom stereocenters. The Bertz CT molecular complexity index is 694. The van der Waals surface area contributed by atoms with Crippen molar-refractivity contribution in [2.75, 3.05) is 19.7 Å². The first-order valence-corrected chi connectivity index (χ1v) is 9.79. The molecule has 1 heterocycles. The van der Waals surface area contributed by atoms with Gasteiger partial charge in [0.05, 0.1) is 12.2 Å². The summed E-state index contributed by atoms with van der Waals surface area (Å²) in [7, 11) is 0. The summed E-state index contributed by atoms with van der Waals surface area (Å²) < 4.78 is 6.87. The third-order valence-corrected chi connectivity index (χ3v) is 5.05. The van der Waals surface area contributed by atoms with E-state index in [1.54, 1.807) is 0 Å². The van der Waals surface area contributed by atoms with Gasteiger partial charge in [0.2, 0.25) is 0 Å². The highest BCUT2D eigenvalue weighted by molar-refractivity contribution is 9.10. The zero-order valence-electron chi connectivity index (χ0n) is 14.4. The van der Waals surface area contributed by atoms with Gasteiger partial charge in [-0.2, -0.15) is 0 Å². The van der Waals surface area contributed by atoms with Crippen molar-refractivity contribution in [1.29, 1.82) is 0 Å². The molecule has 1 aliphatic heterocycles. The molecule has 2 aromatic rings. The highest BCUT2D eigenvalue weighted by Gasteiger charge is 2.21. The fourth-order valence-electron chi connectivity index (χ4n) is 3.16. The van der Waals surface area contributed by atoms with Crippen LogP contribution < -0.4 is 4.74 Å². The summed E-state index contributed by atoms with van der Waals surface area (Å²) in [6.45, 7) is 2.25. The molecule has 0 saturated carbocycles. The van der Waals surface area contributed by atoms with Gasteiger partial charge in [-0.25, -0.2) is 0 Å². The molecule has 25 heavy (non-hydrogen) atoms. The van der Waals surface area contributed by atoms with Gasteiger partial charge in [-0.15, -0.1) is 0 Å². The minimum Gasteiger partial charge on any atom is -0.492 e. The lowest BCUT2D eigenvalue weighted by molar-refractivity contribution is 0.0757. The van der Waals surface area contributed by atoms with Crippen molar-refractivity contribution in [3.8, 4) is 5.75 Å². The third kappa shape index (κ3) is 5.08.